The SMILES string of the molecule is CN[C@H](CC(C)C)C(=O)N[C@@H](CCC(=O)O)C(=O)N1CCC[C@H](OC)[C@@H]1CCC(=O)N[C@@H](CC(N)=O)C(=O)O. The Balaban J connectivity index is 3.08. The molecule has 0 spiro atoms. The first kappa shape index (κ1) is 33.8. The number of ether oxygens (including phenoxy) is 1. The summed E-state index contributed by atoms with van der Waals surface area (Å²) in [6.45, 7) is 4.22. The number of methoxy groups -OCH3 is 1. The van der Waals surface area contributed by atoms with E-state index in [2.05, 4.69) is 16.0 Å². The van der Waals surface area contributed by atoms with E-state index in [1.807, 2.05) is 13.8 Å². The van der Waals surface area contributed by atoms with E-state index in [4.69, 9.17) is 10.5 Å². The summed E-state index contributed by atoms with van der Waals surface area (Å²) in [4.78, 5) is 74.4. The summed E-state index contributed by atoms with van der Waals surface area (Å²) in [7, 11) is 3.11. The summed E-state index contributed by atoms with van der Waals surface area (Å²) in [6, 6.07) is -3.73. The molecule has 1 heterocycles. The zero-order valence-electron chi connectivity index (χ0n) is 23.1. The van der Waals surface area contributed by atoms with Crippen LogP contribution in [0.4, 0.5) is 0 Å². The lowest BCUT2D eigenvalue weighted by molar-refractivity contribution is -0.146. The van der Waals surface area contributed by atoms with Gasteiger partial charge >= 0.3 is 11.9 Å². The molecule has 222 valence electrons. The van der Waals surface area contributed by atoms with Gasteiger partial charge in [-0.15, -0.1) is 0 Å². The van der Waals surface area contributed by atoms with Gasteiger partial charge in [-0.25, -0.2) is 4.79 Å². The zero-order valence-corrected chi connectivity index (χ0v) is 23.1. The molecule has 1 saturated heterocycles. The number of piperidine rings is 1. The monoisotopic (exact) mass is 557 g/mol. The van der Waals surface area contributed by atoms with Crippen LogP contribution in [0.1, 0.15) is 65.2 Å². The number of carbonyl (C=O) groups is 6. The molecular weight excluding hydrogens is 514 g/mol. The van der Waals surface area contributed by atoms with Gasteiger partial charge in [0.25, 0.3) is 0 Å². The molecule has 1 aliphatic heterocycles. The number of nitrogens with zero attached hydrogens (tertiary/aromatic N) is 1. The number of hydrogen-bond donors (Lipinski definition) is 6. The van der Waals surface area contributed by atoms with Crippen molar-refractivity contribution in [1.29, 1.82) is 0 Å². The third-order valence-electron chi connectivity index (χ3n) is 6.64. The van der Waals surface area contributed by atoms with Crippen LogP contribution in [0, 0.1) is 5.92 Å². The molecule has 1 rings (SSSR count). The topological polar surface area (TPSA) is 217 Å². The van der Waals surface area contributed by atoms with Crippen LogP contribution in [0.15, 0.2) is 0 Å². The number of hydrogen-bond acceptors (Lipinski definition) is 8. The summed E-state index contributed by atoms with van der Waals surface area (Å²) in [6.07, 6.45) is 0.215. The highest BCUT2D eigenvalue weighted by molar-refractivity contribution is 5.91. The van der Waals surface area contributed by atoms with Crippen molar-refractivity contribution in [2.45, 2.75) is 95.5 Å². The Labute approximate surface area is 228 Å². The van der Waals surface area contributed by atoms with Crippen molar-refractivity contribution in [2.75, 3.05) is 20.7 Å². The lowest BCUT2D eigenvalue weighted by Crippen LogP contribution is -2.59. The average Bonchev–Trinajstić information content (AvgIpc) is 2.86. The van der Waals surface area contributed by atoms with Crippen LogP contribution >= 0.6 is 0 Å². The number of aliphatic carboxylic acids is 2. The molecule has 0 aromatic rings. The highest BCUT2D eigenvalue weighted by Crippen LogP contribution is 2.25. The van der Waals surface area contributed by atoms with E-state index in [1.54, 1.807) is 7.05 Å². The minimum Gasteiger partial charge on any atom is -0.481 e. The fourth-order valence-electron chi connectivity index (χ4n) is 4.68. The van der Waals surface area contributed by atoms with Crippen LogP contribution in [0.3, 0.4) is 0 Å². The number of rotatable bonds is 17. The third-order valence-corrected chi connectivity index (χ3v) is 6.64. The van der Waals surface area contributed by atoms with Gasteiger partial charge in [-0.1, -0.05) is 13.8 Å². The lowest BCUT2D eigenvalue weighted by atomic mass is 9.93. The second-order valence-electron chi connectivity index (χ2n) is 10.1. The van der Waals surface area contributed by atoms with Gasteiger partial charge in [0.05, 0.1) is 24.6 Å². The predicted octanol–water partition coefficient (Wildman–Crippen LogP) is -0.799. The molecule has 5 atom stereocenters. The van der Waals surface area contributed by atoms with E-state index in [9.17, 15) is 39.0 Å². The molecule has 39 heavy (non-hydrogen) atoms. The number of likely N-dealkylation sites (tertiary alicyclic amines) is 1. The minimum atomic E-state index is -1.47. The first-order valence-corrected chi connectivity index (χ1v) is 13.1. The Morgan fingerprint density at radius 2 is 1.69 bits per heavy atom. The smallest absolute Gasteiger partial charge is 0.326 e. The van der Waals surface area contributed by atoms with Gasteiger partial charge < -0.3 is 41.5 Å². The summed E-state index contributed by atoms with van der Waals surface area (Å²) in [5.74, 6) is -4.73. The van der Waals surface area contributed by atoms with Crippen molar-refractivity contribution in [1.82, 2.24) is 20.9 Å². The second-order valence-corrected chi connectivity index (χ2v) is 10.1. The highest BCUT2D eigenvalue weighted by atomic mass is 16.5. The van der Waals surface area contributed by atoms with E-state index in [0.29, 0.717) is 25.8 Å². The Hall–Kier alpha value is -3.26. The largest absolute Gasteiger partial charge is 0.481 e. The molecule has 14 nitrogen and oxygen atoms in total. The van der Waals surface area contributed by atoms with Crippen LogP contribution < -0.4 is 21.7 Å². The Morgan fingerprint density at radius 1 is 1.03 bits per heavy atom. The third kappa shape index (κ3) is 11.6. The number of primary amides is 1. The molecule has 4 amide bonds. The van der Waals surface area contributed by atoms with Crippen molar-refractivity contribution >= 4 is 35.6 Å². The van der Waals surface area contributed by atoms with Gasteiger partial charge in [-0.2, -0.15) is 0 Å². The Morgan fingerprint density at radius 3 is 2.21 bits per heavy atom. The van der Waals surface area contributed by atoms with Gasteiger partial charge in [0.15, 0.2) is 0 Å². The van der Waals surface area contributed by atoms with Crippen molar-refractivity contribution in [3.8, 4) is 0 Å². The van der Waals surface area contributed by atoms with Crippen molar-refractivity contribution < 1.29 is 43.7 Å². The average molecular weight is 558 g/mol. The Bertz CT molecular complexity index is 882. The zero-order chi connectivity index (χ0) is 29.7. The van der Waals surface area contributed by atoms with Crippen molar-refractivity contribution in [3.05, 3.63) is 0 Å². The molecule has 0 aliphatic carbocycles. The molecule has 0 bridgehead atoms. The van der Waals surface area contributed by atoms with E-state index in [-0.39, 0.29) is 31.6 Å². The molecule has 0 unspecified atom stereocenters. The summed E-state index contributed by atoms with van der Waals surface area (Å²) >= 11 is 0. The van der Waals surface area contributed by atoms with E-state index in [1.165, 1.54) is 12.0 Å². The van der Waals surface area contributed by atoms with Gasteiger partial charge in [0.1, 0.15) is 12.1 Å². The van der Waals surface area contributed by atoms with Gasteiger partial charge in [0.2, 0.25) is 23.6 Å². The highest BCUT2D eigenvalue weighted by Gasteiger charge is 2.38. The predicted molar refractivity (Wildman–Crippen MR) is 139 cm³/mol. The van der Waals surface area contributed by atoms with Crippen LogP contribution in [-0.4, -0.2) is 102 Å². The lowest BCUT2D eigenvalue weighted by Gasteiger charge is -2.42. The molecule has 1 aliphatic rings. The number of carbonyl (C=O) groups excluding carboxylic acids is 4. The fraction of sp³-hybridized carbons (Fsp3) is 0.760. The van der Waals surface area contributed by atoms with Crippen LogP contribution in [0.2, 0.25) is 0 Å². The molecule has 14 heteroatoms. The molecule has 0 radical (unpaired) electrons. The number of likely N-dealkylation sites (N-methyl/N-ethyl adjacent to an activating group) is 1. The van der Waals surface area contributed by atoms with Crippen molar-refractivity contribution in [3.63, 3.8) is 0 Å². The standard InChI is InChI=1S/C25H43N5O9/c1-14(2)12-16(27-3)23(35)29-15(7-10-22(33)34)24(36)30-11-5-6-19(39-4)18(30)8-9-21(32)28-17(25(37)38)13-20(26)31/h14-19,27H,5-13H2,1-4H3,(H2,26,31)(H,28,32)(H,29,35)(H,33,34)(H,37,38)/t15-,16+,17-,18-,19-/m0/s1. The maximum atomic E-state index is 13.7. The number of amides is 4. The number of nitrogens with two attached hydrogens (primary N) is 1. The second kappa shape index (κ2) is 16.6. The first-order valence-electron chi connectivity index (χ1n) is 13.1. The van der Waals surface area contributed by atoms with Gasteiger partial charge in [-0.05, 0) is 45.1 Å². The molecule has 0 aromatic carbocycles. The number of carboxylic acid groups (broad SMARTS) is 2. The first-order chi connectivity index (χ1) is 18.3. The quantitative estimate of drug-likeness (QED) is 0.131. The van der Waals surface area contributed by atoms with E-state index >= 15 is 0 Å². The van der Waals surface area contributed by atoms with Crippen LogP contribution in [0.25, 0.3) is 0 Å². The van der Waals surface area contributed by atoms with E-state index < -0.39 is 72.3 Å². The van der Waals surface area contributed by atoms with Crippen LogP contribution in [-0.2, 0) is 33.5 Å². The van der Waals surface area contributed by atoms with Gasteiger partial charge in [-0.3, -0.25) is 24.0 Å². The number of carboxylic acids is 2. The maximum absolute atomic E-state index is 13.7. The Kier molecular flexibility index (Phi) is 14.4. The molecule has 0 aromatic heterocycles. The molecule has 0 saturated carbocycles. The summed E-state index contributed by atoms with van der Waals surface area (Å²) in [5.41, 5.74) is 5.06. The number of nitrogens with one attached hydrogen (secondary N) is 3. The van der Waals surface area contributed by atoms with Gasteiger partial charge in [0, 0.05) is 26.5 Å². The summed E-state index contributed by atoms with van der Waals surface area (Å²) < 4.78 is 5.57. The fourth-order valence-corrected chi connectivity index (χ4v) is 4.68. The molecule has 7 N–H and O–H groups in total. The van der Waals surface area contributed by atoms with Crippen molar-refractivity contribution in [2.24, 2.45) is 11.7 Å². The van der Waals surface area contributed by atoms with E-state index in [0.717, 1.165) is 0 Å². The minimum absolute atomic E-state index is 0.116. The molecular formula is C25H43N5O9. The summed E-state index contributed by atoms with van der Waals surface area (Å²) in [5, 5.41) is 26.4. The maximum Gasteiger partial charge on any atom is 0.326 e. The normalized spacial score (nSPS) is 19.6. The van der Waals surface area contributed by atoms with Crippen LogP contribution in [0.5, 0.6) is 0 Å². The molecule has 1 fully saturated rings.